The standard InChI is InChI=1S/C27H32N2/c1-5-13-24(14-6-1)21-28(22-25-15-7-2-8-16-25)29(27-19-11-4-12-20-27)23-26-17-9-3-10-18-26/h1-3,5-10,13-18,27H,4,11-12,19-23H2/q+1. The highest BCUT2D eigenvalue weighted by Gasteiger charge is 2.34. The molecule has 0 amide bonds. The third-order valence-corrected chi connectivity index (χ3v) is 5.96. The molecule has 1 aliphatic carbocycles. The molecule has 3 aromatic carbocycles. The predicted octanol–water partition coefficient (Wildman–Crippen LogP) is 6.28. The molecule has 0 unspecified atom stereocenters. The Labute approximate surface area is 175 Å². The number of hydrogen-bond donors (Lipinski definition) is 0. The monoisotopic (exact) mass is 384 g/mol. The highest BCUT2D eigenvalue weighted by Crippen LogP contribution is 2.26. The van der Waals surface area contributed by atoms with Crippen molar-refractivity contribution in [1.82, 2.24) is 10.0 Å². The van der Waals surface area contributed by atoms with Gasteiger partial charge in [0.1, 0.15) is 0 Å². The summed E-state index contributed by atoms with van der Waals surface area (Å²) in [7, 11) is 0. The van der Waals surface area contributed by atoms with E-state index in [4.69, 9.17) is 0 Å². The Hall–Kier alpha value is -2.42. The number of rotatable bonds is 8. The maximum absolute atomic E-state index is 2.68. The van der Waals surface area contributed by atoms with E-state index in [1.54, 1.807) is 0 Å². The Bertz CT molecular complexity index is 785. The van der Waals surface area contributed by atoms with Crippen LogP contribution in [-0.2, 0) is 19.6 Å². The topological polar surface area (TPSA) is 9.14 Å². The van der Waals surface area contributed by atoms with E-state index in [1.807, 2.05) is 0 Å². The molecule has 4 rings (SSSR count). The van der Waals surface area contributed by atoms with Crippen LogP contribution in [0.3, 0.4) is 0 Å². The summed E-state index contributed by atoms with van der Waals surface area (Å²) in [5, 5.41) is 5.27. The predicted molar refractivity (Wildman–Crippen MR) is 121 cm³/mol. The van der Waals surface area contributed by atoms with Crippen LogP contribution < -0.4 is 5.01 Å². The molecule has 0 aromatic heterocycles. The first-order chi connectivity index (χ1) is 14.4. The molecule has 1 saturated carbocycles. The van der Waals surface area contributed by atoms with E-state index in [0.717, 1.165) is 19.6 Å². The number of hydrazine groups is 1. The van der Waals surface area contributed by atoms with Crippen LogP contribution in [0.5, 0.6) is 0 Å². The van der Waals surface area contributed by atoms with E-state index in [-0.39, 0.29) is 0 Å². The average molecular weight is 385 g/mol. The minimum atomic E-state index is 0.622. The number of hydrogen-bond acceptors (Lipinski definition) is 2. The van der Waals surface area contributed by atoms with Gasteiger partial charge in [0.05, 0.1) is 12.6 Å². The van der Waals surface area contributed by atoms with Crippen LogP contribution in [0.15, 0.2) is 91.0 Å². The molecule has 0 heterocycles. The van der Waals surface area contributed by atoms with Crippen LogP contribution in [0.4, 0.5) is 0 Å². The molecule has 1 aliphatic rings. The van der Waals surface area contributed by atoms with Gasteiger partial charge in [0.2, 0.25) is 0 Å². The molecule has 0 bridgehead atoms. The lowest BCUT2D eigenvalue weighted by molar-refractivity contribution is -0.0137. The van der Waals surface area contributed by atoms with Gasteiger partial charge in [0.25, 0.3) is 0 Å². The lowest BCUT2D eigenvalue weighted by Gasteiger charge is -2.34. The van der Waals surface area contributed by atoms with Crippen molar-refractivity contribution in [2.24, 2.45) is 0 Å². The van der Waals surface area contributed by atoms with Gasteiger partial charge in [0.15, 0.2) is 13.1 Å². The van der Waals surface area contributed by atoms with Crippen molar-refractivity contribution in [2.75, 3.05) is 0 Å². The molecule has 0 aliphatic heterocycles. The molecule has 0 N–H and O–H groups in total. The first kappa shape index (κ1) is 19.9. The maximum atomic E-state index is 2.68. The Morgan fingerprint density at radius 3 is 1.52 bits per heavy atom. The molecule has 2 nitrogen and oxygen atoms in total. The number of nitrogens with zero attached hydrogens (tertiary/aromatic N) is 2. The summed E-state index contributed by atoms with van der Waals surface area (Å²) < 4.78 is 0. The van der Waals surface area contributed by atoms with E-state index >= 15 is 0 Å². The second-order valence-corrected chi connectivity index (χ2v) is 8.17. The van der Waals surface area contributed by atoms with Crippen molar-refractivity contribution in [1.29, 1.82) is 0 Å². The van der Waals surface area contributed by atoms with Crippen LogP contribution in [0.2, 0.25) is 0 Å². The van der Waals surface area contributed by atoms with Crippen LogP contribution in [0, 0.1) is 0 Å². The highest BCUT2D eigenvalue weighted by atomic mass is 15.6. The third kappa shape index (κ3) is 5.79. The zero-order valence-corrected chi connectivity index (χ0v) is 17.3. The average Bonchev–Trinajstić information content (AvgIpc) is 2.80. The zero-order chi connectivity index (χ0) is 19.7. The van der Waals surface area contributed by atoms with Crippen molar-refractivity contribution in [3.05, 3.63) is 108 Å². The molecule has 2 heteroatoms. The molecule has 0 spiro atoms. The summed E-state index contributed by atoms with van der Waals surface area (Å²) >= 11 is 0. The molecular weight excluding hydrogens is 352 g/mol. The Morgan fingerprint density at radius 2 is 1.03 bits per heavy atom. The Kier molecular flexibility index (Phi) is 7.12. The summed E-state index contributed by atoms with van der Waals surface area (Å²) in [6, 6.07) is 33.4. The fourth-order valence-electron chi connectivity index (χ4n) is 4.44. The first-order valence-electron chi connectivity index (χ1n) is 11.0. The van der Waals surface area contributed by atoms with Crippen molar-refractivity contribution >= 4 is 0 Å². The van der Waals surface area contributed by atoms with Crippen molar-refractivity contribution in [2.45, 2.75) is 57.8 Å². The van der Waals surface area contributed by atoms with Crippen molar-refractivity contribution < 1.29 is 0 Å². The van der Waals surface area contributed by atoms with Gasteiger partial charge in [-0.3, -0.25) is 0 Å². The third-order valence-electron chi connectivity index (χ3n) is 5.96. The van der Waals surface area contributed by atoms with Crippen molar-refractivity contribution in [3.63, 3.8) is 0 Å². The van der Waals surface area contributed by atoms with Crippen LogP contribution >= 0.6 is 0 Å². The SMILES string of the molecule is c1ccc(CN(C2CCCCC2)[N+](Cc2ccccc2)Cc2ccccc2)cc1. The maximum Gasteiger partial charge on any atom is 0.170 e. The van der Waals surface area contributed by atoms with Gasteiger partial charge in [0, 0.05) is 11.1 Å². The Morgan fingerprint density at radius 1 is 0.586 bits per heavy atom. The van der Waals surface area contributed by atoms with E-state index in [1.165, 1.54) is 48.8 Å². The highest BCUT2D eigenvalue weighted by molar-refractivity contribution is 5.19. The Balaban J connectivity index is 1.63. The molecule has 1 radical (unpaired) electrons. The van der Waals surface area contributed by atoms with Crippen molar-refractivity contribution in [3.8, 4) is 0 Å². The normalized spacial score (nSPS) is 15.1. The van der Waals surface area contributed by atoms with Gasteiger partial charge < -0.3 is 0 Å². The van der Waals surface area contributed by atoms with E-state index in [2.05, 4.69) is 101 Å². The van der Waals surface area contributed by atoms with E-state index < -0.39 is 0 Å². The van der Waals surface area contributed by atoms with Gasteiger partial charge in [-0.2, -0.15) is 0 Å². The quantitative estimate of drug-likeness (QED) is 0.328. The number of benzene rings is 3. The molecular formula is C27H32N2+. The summed E-state index contributed by atoms with van der Waals surface area (Å²) in [4.78, 5) is 0. The molecule has 149 valence electrons. The molecule has 29 heavy (non-hydrogen) atoms. The second kappa shape index (κ2) is 10.4. The second-order valence-electron chi connectivity index (χ2n) is 8.17. The molecule has 0 atom stereocenters. The fourth-order valence-corrected chi connectivity index (χ4v) is 4.44. The molecule has 0 saturated heterocycles. The van der Waals surface area contributed by atoms with Crippen LogP contribution in [0.1, 0.15) is 48.8 Å². The van der Waals surface area contributed by atoms with Gasteiger partial charge in [-0.15, -0.1) is 0 Å². The largest absolute Gasteiger partial charge is 0.170 e. The van der Waals surface area contributed by atoms with E-state index in [0.29, 0.717) is 6.04 Å². The molecule has 3 aromatic rings. The van der Waals surface area contributed by atoms with Gasteiger partial charge in [-0.1, -0.05) is 120 Å². The summed E-state index contributed by atoms with van der Waals surface area (Å²) in [6.07, 6.45) is 6.67. The van der Waals surface area contributed by atoms with Crippen LogP contribution in [0.25, 0.3) is 0 Å². The smallest absolute Gasteiger partial charge is 0.0983 e. The molecule has 1 fully saturated rings. The van der Waals surface area contributed by atoms with Crippen LogP contribution in [-0.4, -0.2) is 11.1 Å². The zero-order valence-electron chi connectivity index (χ0n) is 17.3. The van der Waals surface area contributed by atoms with E-state index in [9.17, 15) is 0 Å². The fraction of sp³-hybridized carbons (Fsp3) is 0.333. The lowest BCUT2D eigenvalue weighted by Crippen LogP contribution is -2.52. The van der Waals surface area contributed by atoms with Gasteiger partial charge in [-0.05, 0) is 18.4 Å². The van der Waals surface area contributed by atoms with Gasteiger partial charge in [-0.25, -0.2) is 0 Å². The summed E-state index contributed by atoms with van der Waals surface area (Å²) in [5.74, 6) is 0. The summed E-state index contributed by atoms with van der Waals surface area (Å²) in [5.41, 5.74) is 4.14. The minimum Gasteiger partial charge on any atom is -0.0983 e. The lowest BCUT2D eigenvalue weighted by atomic mass is 9.94. The first-order valence-corrected chi connectivity index (χ1v) is 11.0. The minimum absolute atomic E-state index is 0.622. The summed E-state index contributed by atoms with van der Waals surface area (Å²) in [6.45, 7) is 2.86. The van der Waals surface area contributed by atoms with Gasteiger partial charge >= 0.3 is 0 Å².